The van der Waals surface area contributed by atoms with Gasteiger partial charge < -0.3 is 9.72 Å². The van der Waals surface area contributed by atoms with E-state index in [9.17, 15) is 18.4 Å². The molecule has 2 rings (SSSR count). The molecule has 22 heavy (non-hydrogen) atoms. The molecule has 0 unspecified atom stereocenters. The number of hydrogen-bond acceptors (Lipinski definition) is 3. The number of aromatic nitrogens is 1. The Balaban J connectivity index is 2.75. The summed E-state index contributed by atoms with van der Waals surface area (Å²) in [7, 11) is 0. The van der Waals surface area contributed by atoms with Crippen molar-refractivity contribution in [1.29, 1.82) is 0 Å². The van der Waals surface area contributed by atoms with Gasteiger partial charge in [-0.1, -0.05) is 6.08 Å². The van der Waals surface area contributed by atoms with Crippen LogP contribution in [-0.4, -0.2) is 17.6 Å². The number of benzene rings is 1. The minimum atomic E-state index is -1.15. The number of halogens is 2. The fraction of sp³-hybridized carbons (Fsp3) is 0.250. The van der Waals surface area contributed by atoms with E-state index in [0.717, 1.165) is 12.1 Å². The van der Waals surface area contributed by atoms with Crippen LogP contribution >= 0.6 is 0 Å². The quantitative estimate of drug-likeness (QED) is 0.682. The van der Waals surface area contributed by atoms with E-state index in [2.05, 4.69) is 11.6 Å². The van der Waals surface area contributed by atoms with Crippen LogP contribution in [0.2, 0.25) is 0 Å². The van der Waals surface area contributed by atoms with Crippen molar-refractivity contribution >= 4 is 16.9 Å². The molecular weight excluding hydrogens is 292 g/mol. The van der Waals surface area contributed by atoms with Crippen LogP contribution in [0.1, 0.15) is 29.4 Å². The lowest BCUT2D eigenvalue weighted by atomic mass is 10.0. The van der Waals surface area contributed by atoms with E-state index >= 15 is 0 Å². The topological polar surface area (TPSA) is 59.2 Å². The Kier molecular flexibility index (Phi) is 4.70. The smallest absolute Gasteiger partial charge is 0.343 e. The lowest BCUT2D eigenvalue weighted by molar-refractivity contribution is 0.0523. The normalized spacial score (nSPS) is 10.7. The van der Waals surface area contributed by atoms with Gasteiger partial charge in [0.15, 0.2) is 11.6 Å². The number of ether oxygens (including phenoxy) is 1. The molecule has 0 fully saturated rings. The fourth-order valence-corrected chi connectivity index (χ4v) is 2.19. The number of allylic oxidation sites excluding steroid dienone is 1. The molecule has 0 atom stereocenters. The van der Waals surface area contributed by atoms with Crippen LogP contribution in [-0.2, 0) is 11.2 Å². The monoisotopic (exact) mass is 307 g/mol. The van der Waals surface area contributed by atoms with Crippen molar-refractivity contribution in [2.45, 2.75) is 19.8 Å². The highest BCUT2D eigenvalue weighted by Gasteiger charge is 2.20. The lowest BCUT2D eigenvalue weighted by Crippen LogP contribution is -2.22. The number of nitrogens with one attached hydrogen (secondary N) is 1. The molecule has 0 aliphatic carbocycles. The van der Waals surface area contributed by atoms with Gasteiger partial charge in [0.25, 0.3) is 0 Å². The molecule has 0 aliphatic heterocycles. The molecular formula is C16H15F2NO3. The summed E-state index contributed by atoms with van der Waals surface area (Å²) < 4.78 is 31.6. The highest BCUT2D eigenvalue weighted by molar-refractivity contribution is 5.95. The second kappa shape index (κ2) is 6.51. The Morgan fingerprint density at radius 2 is 2.05 bits per heavy atom. The number of carbonyl (C=O) groups is 1. The van der Waals surface area contributed by atoms with Gasteiger partial charge in [-0.15, -0.1) is 6.58 Å². The SMILES string of the molecule is C=CCCc1[nH]c2cc(F)c(F)cc2c(=O)c1C(=O)OCC. The maximum absolute atomic E-state index is 13.4. The molecule has 1 aromatic heterocycles. The number of rotatable bonds is 5. The summed E-state index contributed by atoms with van der Waals surface area (Å²) in [6.07, 6.45) is 2.47. The number of aryl methyl sites for hydroxylation is 1. The van der Waals surface area contributed by atoms with Gasteiger partial charge in [0, 0.05) is 17.1 Å². The molecule has 2 aromatic rings. The molecule has 1 heterocycles. The van der Waals surface area contributed by atoms with Crippen molar-refractivity contribution in [3.63, 3.8) is 0 Å². The fourth-order valence-electron chi connectivity index (χ4n) is 2.19. The van der Waals surface area contributed by atoms with Gasteiger partial charge in [-0.25, -0.2) is 13.6 Å². The Morgan fingerprint density at radius 1 is 1.36 bits per heavy atom. The first-order chi connectivity index (χ1) is 10.5. The molecule has 116 valence electrons. The van der Waals surface area contributed by atoms with Crippen LogP contribution in [0.5, 0.6) is 0 Å². The molecule has 1 aromatic carbocycles. The standard InChI is InChI=1S/C16H15F2NO3/c1-3-5-6-12-14(16(21)22-4-2)15(20)9-7-10(17)11(18)8-13(9)19-12/h3,7-8H,1,4-6H2,2H3,(H,19,20). The van der Waals surface area contributed by atoms with Crippen LogP contribution in [0.15, 0.2) is 29.6 Å². The number of carbonyl (C=O) groups excluding carboxylic acids is 1. The summed E-state index contributed by atoms with van der Waals surface area (Å²) in [6, 6.07) is 1.68. The van der Waals surface area contributed by atoms with Crippen LogP contribution in [0.25, 0.3) is 10.9 Å². The number of aromatic amines is 1. The predicted molar refractivity (Wildman–Crippen MR) is 79.0 cm³/mol. The predicted octanol–water partition coefficient (Wildman–Crippen LogP) is 3.10. The molecule has 0 radical (unpaired) electrons. The number of fused-ring (bicyclic) bond motifs is 1. The van der Waals surface area contributed by atoms with E-state index in [1.807, 2.05) is 0 Å². The minimum absolute atomic E-state index is 0.0932. The Hall–Kier alpha value is -2.50. The van der Waals surface area contributed by atoms with Gasteiger partial charge in [0.1, 0.15) is 5.56 Å². The van der Waals surface area contributed by atoms with Crippen molar-refractivity contribution in [2.24, 2.45) is 0 Å². The van der Waals surface area contributed by atoms with Gasteiger partial charge in [-0.2, -0.15) is 0 Å². The highest BCUT2D eigenvalue weighted by Crippen LogP contribution is 2.18. The van der Waals surface area contributed by atoms with Crippen LogP contribution < -0.4 is 5.43 Å². The van der Waals surface area contributed by atoms with Crippen LogP contribution in [0, 0.1) is 11.6 Å². The Bertz CT molecular complexity index is 796. The molecule has 4 nitrogen and oxygen atoms in total. The van der Waals surface area contributed by atoms with Gasteiger partial charge in [-0.3, -0.25) is 4.79 Å². The van der Waals surface area contributed by atoms with Crippen molar-refractivity contribution in [3.8, 4) is 0 Å². The largest absolute Gasteiger partial charge is 0.462 e. The molecule has 0 bridgehead atoms. The van der Waals surface area contributed by atoms with Crippen molar-refractivity contribution in [3.05, 3.63) is 57.9 Å². The number of hydrogen-bond donors (Lipinski definition) is 1. The maximum Gasteiger partial charge on any atom is 0.343 e. The first-order valence-corrected chi connectivity index (χ1v) is 6.81. The van der Waals surface area contributed by atoms with E-state index in [-0.39, 0.29) is 23.1 Å². The van der Waals surface area contributed by atoms with Gasteiger partial charge in [-0.05, 0) is 25.8 Å². The average molecular weight is 307 g/mol. The summed E-state index contributed by atoms with van der Waals surface area (Å²) in [5, 5.41) is -0.0932. The molecule has 0 aliphatic rings. The molecule has 6 heteroatoms. The third kappa shape index (κ3) is 2.90. The summed E-state index contributed by atoms with van der Waals surface area (Å²) in [4.78, 5) is 27.3. The van der Waals surface area contributed by atoms with Crippen molar-refractivity contribution in [1.82, 2.24) is 4.98 Å². The van der Waals surface area contributed by atoms with E-state index in [4.69, 9.17) is 4.74 Å². The average Bonchev–Trinajstić information content (AvgIpc) is 2.47. The van der Waals surface area contributed by atoms with E-state index in [1.54, 1.807) is 13.0 Å². The molecule has 0 saturated heterocycles. The van der Waals surface area contributed by atoms with Crippen molar-refractivity contribution < 1.29 is 18.3 Å². The zero-order valence-corrected chi connectivity index (χ0v) is 12.0. The number of H-pyrrole nitrogens is 1. The zero-order chi connectivity index (χ0) is 16.3. The second-order valence-electron chi connectivity index (χ2n) is 4.67. The van der Waals surface area contributed by atoms with Gasteiger partial charge >= 0.3 is 5.97 Å². The number of pyridine rings is 1. The van der Waals surface area contributed by atoms with Crippen LogP contribution in [0.3, 0.4) is 0 Å². The van der Waals surface area contributed by atoms with Gasteiger partial charge in [0.2, 0.25) is 5.43 Å². The minimum Gasteiger partial charge on any atom is -0.462 e. The second-order valence-corrected chi connectivity index (χ2v) is 4.67. The maximum atomic E-state index is 13.4. The first-order valence-electron chi connectivity index (χ1n) is 6.81. The summed E-state index contributed by atoms with van der Waals surface area (Å²) in [5.41, 5.74) is -0.398. The number of esters is 1. The summed E-state index contributed by atoms with van der Waals surface area (Å²) in [5.74, 6) is -3.00. The van der Waals surface area contributed by atoms with E-state index in [1.165, 1.54) is 0 Å². The highest BCUT2D eigenvalue weighted by atomic mass is 19.2. The van der Waals surface area contributed by atoms with Crippen molar-refractivity contribution in [2.75, 3.05) is 6.61 Å². The molecule has 0 amide bonds. The first kappa shape index (κ1) is 15.9. The Morgan fingerprint density at radius 3 is 2.68 bits per heavy atom. The third-order valence-electron chi connectivity index (χ3n) is 3.20. The van der Waals surface area contributed by atoms with E-state index in [0.29, 0.717) is 18.5 Å². The Labute approximate surface area is 125 Å². The summed E-state index contributed by atoms with van der Waals surface area (Å²) in [6.45, 7) is 5.30. The lowest BCUT2D eigenvalue weighted by Gasteiger charge is -2.10. The molecule has 1 N–H and O–H groups in total. The molecule has 0 saturated carbocycles. The summed E-state index contributed by atoms with van der Waals surface area (Å²) >= 11 is 0. The van der Waals surface area contributed by atoms with E-state index < -0.39 is 23.0 Å². The third-order valence-corrected chi connectivity index (χ3v) is 3.20. The van der Waals surface area contributed by atoms with Gasteiger partial charge in [0.05, 0.1) is 12.1 Å². The zero-order valence-electron chi connectivity index (χ0n) is 12.0. The molecule has 0 spiro atoms. The van der Waals surface area contributed by atoms with Crippen LogP contribution in [0.4, 0.5) is 8.78 Å².